The number of hydrogen-bond donors (Lipinski definition) is 0. The largest absolute Gasteiger partial charge is 0.460 e. The second-order valence-electron chi connectivity index (χ2n) is 8.11. The van der Waals surface area contributed by atoms with Crippen molar-refractivity contribution in [1.29, 1.82) is 0 Å². The van der Waals surface area contributed by atoms with Gasteiger partial charge in [-0.3, -0.25) is 0 Å². The van der Waals surface area contributed by atoms with E-state index in [1.54, 1.807) is 0 Å². The van der Waals surface area contributed by atoms with Crippen LogP contribution in [0.3, 0.4) is 0 Å². The van der Waals surface area contributed by atoms with Gasteiger partial charge in [-0.25, -0.2) is 0 Å². The van der Waals surface area contributed by atoms with Gasteiger partial charge < -0.3 is 4.74 Å². The molecule has 43 heavy (non-hydrogen) atoms. The summed E-state index contributed by atoms with van der Waals surface area (Å²) in [5.74, 6) is -79.1. The molecule has 0 aliphatic heterocycles. The highest BCUT2D eigenvalue weighted by molar-refractivity contribution is 5.11. The van der Waals surface area contributed by atoms with Crippen LogP contribution in [0.25, 0.3) is 0 Å². The fourth-order valence-electron chi connectivity index (χ4n) is 2.42. The molecule has 0 fully saturated rings. The van der Waals surface area contributed by atoms with Crippen molar-refractivity contribution in [2.75, 3.05) is 13.2 Å². The molecule has 0 aromatic carbocycles. The molecule has 0 atom stereocenters. The van der Waals surface area contributed by atoms with Gasteiger partial charge in [0.05, 0.1) is 13.2 Å². The van der Waals surface area contributed by atoms with E-state index in [-0.39, 0.29) is 0 Å². The summed E-state index contributed by atoms with van der Waals surface area (Å²) in [5.41, 5.74) is 0. The van der Waals surface area contributed by atoms with Crippen molar-refractivity contribution in [1.82, 2.24) is 0 Å². The Bertz CT molecular complexity index is 877. The maximum absolute atomic E-state index is 13.5. The second-order valence-corrected chi connectivity index (χ2v) is 8.11. The second kappa shape index (κ2) is 10.9. The zero-order valence-electron chi connectivity index (χ0n) is 19.1. The monoisotopic (exact) mass is 710 g/mol. The van der Waals surface area contributed by atoms with E-state index in [1.165, 1.54) is 0 Å². The van der Waals surface area contributed by atoms with Crippen LogP contribution in [0.1, 0.15) is 12.8 Å². The molecule has 0 N–H and O–H groups in total. The molecule has 0 aromatic heterocycles. The zero-order chi connectivity index (χ0) is 35.5. The molecule has 0 rings (SSSR count). The van der Waals surface area contributed by atoms with Crippen molar-refractivity contribution in [2.24, 2.45) is 0 Å². The predicted octanol–water partition coefficient (Wildman–Crippen LogP) is 9.26. The van der Waals surface area contributed by atoms with E-state index >= 15 is 0 Å². The van der Waals surface area contributed by atoms with Crippen LogP contribution in [0, 0.1) is 0 Å². The molecular formula is C16H8F26O. The van der Waals surface area contributed by atoms with Gasteiger partial charge in [0, 0.05) is 12.8 Å². The van der Waals surface area contributed by atoms with Crippen LogP contribution in [0.5, 0.6) is 0 Å². The fourth-order valence-corrected chi connectivity index (χ4v) is 2.42. The first-order valence-corrected chi connectivity index (χ1v) is 9.70. The Morgan fingerprint density at radius 1 is 0.256 bits per heavy atom. The van der Waals surface area contributed by atoms with Crippen molar-refractivity contribution in [3.05, 3.63) is 0 Å². The van der Waals surface area contributed by atoms with Crippen LogP contribution in [0.15, 0.2) is 0 Å². The minimum absolute atomic E-state index is 2.58. The van der Waals surface area contributed by atoms with Crippen molar-refractivity contribution in [3.63, 3.8) is 0 Å². The smallest absolute Gasteiger partial charge is 0.381 e. The maximum Gasteiger partial charge on any atom is 0.460 e. The Morgan fingerprint density at radius 2 is 0.442 bits per heavy atom. The maximum atomic E-state index is 13.5. The Kier molecular flexibility index (Phi) is 10.4. The van der Waals surface area contributed by atoms with E-state index in [4.69, 9.17) is 0 Å². The first-order valence-electron chi connectivity index (χ1n) is 9.70. The SMILES string of the molecule is FC(F)(F)C(F)(F)C(F)(F)C(F)(F)C(F)(F)C(F)(F)CCOCCC(F)(F)C(F)(F)C(F)(F)C(F)(F)C(F)(F)C(F)(F)F. The normalized spacial score (nSPS) is 16.6. The van der Waals surface area contributed by atoms with Gasteiger partial charge in [0.25, 0.3) is 0 Å². The molecule has 0 spiro atoms. The molecule has 0 radical (unpaired) electrons. The molecule has 0 aromatic rings. The summed E-state index contributed by atoms with van der Waals surface area (Å²) < 4.78 is 339. The van der Waals surface area contributed by atoms with Crippen LogP contribution < -0.4 is 0 Å². The summed E-state index contributed by atoms with van der Waals surface area (Å²) in [6.45, 7) is -5.17. The van der Waals surface area contributed by atoms with Gasteiger partial charge in [-0.05, 0) is 0 Å². The molecule has 260 valence electrons. The predicted molar refractivity (Wildman–Crippen MR) is 81.6 cm³/mol. The highest BCUT2D eigenvalue weighted by Gasteiger charge is 2.92. The quantitative estimate of drug-likeness (QED) is 0.129. The van der Waals surface area contributed by atoms with Crippen LogP contribution in [0.2, 0.25) is 0 Å². The third kappa shape index (κ3) is 6.06. The summed E-state index contributed by atoms with van der Waals surface area (Å²) in [5, 5.41) is 0. The molecule has 1 nitrogen and oxygen atoms in total. The lowest BCUT2D eigenvalue weighted by Crippen LogP contribution is -2.70. The number of ether oxygens (including phenoxy) is 1. The van der Waals surface area contributed by atoms with Gasteiger partial charge >= 0.3 is 71.6 Å². The number of halogens is 26. The molecule has 0 saturated carbocycles. The third-order valence-electron chi connectivity index (χ3n) is 5.12. The molecular weight excluding hydrogens is 702 g/mol. The molecule has 0 bridgehead atoms. The lowest BCUT2D eigenvalue weighted by molar-refractivity contribution is -0.441. The lowest BCUT2D eigenvalue weighted by Gasteiger charge is -2.40. The minimum atomic E-state index is -8.34. The van der Waals surface area contributed by atoms with Crippen LogP contribution in [0.4, 0.5) is 114 Å². The summed E-state index contributed by atoms with van der Waals surface area (Å²) >= 11 is 0. The van der Waals surface area contributed by atoms with Crippen molar-refractivity contribution < 1.29 is 119 Å². The molecule has 0 aliphatic rings. The van der Waals surface area contributed by atoms with Gasteiger partial charge in [-0.2, -0.15) is 114 Å². The molecule has 27 heteroatoms. The van der Waals surface area contributed by atoms with Gasteiger partial charge in [0.2, 0.25) is 0 Å². The zero-order valence-corrected chi connectivity index (χ0v) is 19.1. The Morgan fingerprint density at radius 3 is 0.628 bits per heavy atom. The number of alkyl halides is 26. The average molecular weight is 710 g/mol. The number of rotatable bonds is 14. The molecule has 0 unspecified atom stereocenters. The van der Waals surface area contributed by atoms with Crippen molar-refractivity contribution >= 4 is 0 Å². The van der Waals surface area contributed by atoms with E-state index in [2.05, 4.69) is 4.74 Å². The summed E-state index contributed by atoms with van der Waals surface area (Å²) in [6.07, 6.45) is -22.1. The first-order chi connectivity index (χ1) is 18.2. The van der Waals surface area contributed by atoms with Crippen LogP contribution >= 0.6 is 0 Å². The molecule has 0 saturated heterocycles. The Hall–Kier alpha value is -1.86. The van der Waals surface area contributed by atoms with Gasteiger partial charge in [0.1, 0.15) is 0 Å². The summed E-state index contributed by atoms with van der Waals surface area (Å²) in [6, 6.07) is 0. The van der Waals surface area contributed by atoms with E-state index in [1.807, 2.05) is 0 Å². The van der Waals surface area contributed by atoms with Crippen molar-refractivity contribution in [2.45, 2.75) is 84.4 Å². The van der Waals surface area contributed by atoms with E-state index < -0.39 is 97.6 Å². The molecule has 0 aliphatic carbocycles. The lowest BCUT2D eigenvalue weighted by atomic mass is 9.92. The summed E-state index contributed by atoms with van der Waals surface area (Å²) in [7, 11) is 0. The highest BCUT2D eigenvalue weighted by Crippen LogP contribution is 2.62. The standard InChI is InChI=1S/C16H8F26O/c17-5(18,7(21,22)9(25,26)11(29,30)13(33,34)15(37,38)39)1-3-43-4-2-6(19,20)8(23,24)10(27,28)12(31,32)14(35,36)16(40,41)42/h1-4H2. The molecule has 0 amide bonds. The fraction of sp³-hybridized carbons (Fsp3) is 1.00. The highest BCUT2D eigenvalue weighted by atomic mass is 19.4. The van der Waals surface area contributed by atoms with E-state index in [9.17, 15) is 114 Å². The van der Waals surface area contributed by atoms with E-state index in [0.717, 1.165) is 0 Å². The number of hydrogen-bond acceptors (Lipinski definition) is 1. The van der Waals surface area contributed by atoms with Crippen molar-refractivity contribution in [3.8, 4) is 0 Å². The Balaban J connectivity index is 5.82. The van der Waals surface area contributed by atoms with E-state index in [0.29, 0.717) is 0 Å². The summed E-state index contributed by atoms with van der Waals surface area (Å²) in [4.78, 5) is 0. The topological polar surface area (TPSA) is 9.23 Å². The van der Waals surface area contributed by atoms with Crippen LogP contribution in [-0.2, 0) is 4.74 Å². The minimum Gasteiger partial charge on any atom is -0.381 e. The first kappa shape index (κ1) is 41.1. The average Bonchev–Trinajstić information content (AvgIpc) is 2.75. The van der Waals surface area contributed by atoms with Gasteiger partial charge in [-0.1, -0.05) is 0 Å². The van der Waals surface area contributed by atoms with Gasteiger partial charge in [0.15, 0.2) is 0 Å². The van der Waals surface area contributed by atoms with Gasteiger partial charge in [-0.15, -0.1) is 0 Å². The van der Waals surface area contributed by atoms with Crippen LogP contribution in [-0.4, -0.2) is 84.8 Å². The third-order valence-corrected chi connectivity index (χ3v) is 5.12. The Labute approximate surface area is 218 Å². The molecule has 0 heterocycles.